The van der Waals surface area contributed by atoms with E-state index in [2.05, 4.69) is 31.3 Å². The van der Waals surface area contributed by atoms with Crippen molar-refractivity contribution in [3.63, 3.8) is 0 Å². The quantitative estimate of drug-likeness (QED) is 0.412. The molecule has 0 aromatic heterocycles. The number of rotatable bonds is 2. The molecule has 1 aromatic rings. The van der Waals surface area contributed by atoms with Crippen molar-refractivity contribution >= 4 is 17.7 Å². The fraction of sp³-hybridized carbons (Fsp3) is 0.536. The van der Waals surface area contributed by atoms with E-state index in [1.54, 1.807) is 13.0 Å². The molecule has 0 bridgehead atoms. The number of amides is 1. The van der Waals surface area contributed by atoms with Gasteiger partial charge in [0, 0.05) is 17.9 Å². The first-order chi connectivity index (χ1) is 16.2. The van der Waals surface area contributed by atoms with E-state index in [1.807, 2.05) is 37.3 Å². The average Bonchev–Trinajstić information content (AvgIpc) is 3.43. The highest BCUT2D eigenvalue weighted by Gasteiger charge is 2.78. The van der Waals surface area contributed by atoms with E-state index in [1.165, 1.54) is 0 Å². The maximum absolute atomic E-state index is 13.8. The van der Waals surface area contributed by atoms with Crippen LogP contribution in [-0.4, -0.2) is 41.0 Å². The molecule has 180 valence electrons. The first-order valence-corrected chi connectivity index (χ1v) is 12.3. The van der Waals surface area contributed by atoms with Crippen LogP contribution in [0.5, 0.6) is 0 Å². The Morgan fingerprint density at radius 3 is 2.59 bits per heavy atom. The molecule has 0 radical (unpaired) electrons. The third-order valence-electron chi connectivity index (χ3n) is 8.58. The van der Waals surface area contributed by atoms with Crippen LogP contribution < -0.4 is 5.32 Å². The maximum atomic E-state index is 13.8. The Morgan fingerprint density at radius 1 is 1.12 bits per heavy atom. The Kier molecular flexibility index (Phi) is 5.55. The first kappa shape index (κ1) is 23.0. The van der Waals surface area contributed by atoms with E-state index < -0.39 is 17.5 Å². The molecule has 1 N–H and O–H groups in total. The molecule has 1 aromatic carbocycles. The standard InChI is InChI=1S/C28H33NO5/c1-16-9-8-12-20-25-27(4,34-25)18(3)23-21(15-19-10-6-5-7-11-19)29-26(32)28(20,23)33-22(30)14-13-17(2)24(16)31/h5-8,10-13,16,18,20-21,23,25H,9,14-15H2,1-4H3,(H,29,32)/b12-8-,17-13-/t16-,18-,20-,21+,23-,25+,27-,28-/m0/s1. The van der Waals surface area contributed by atoms with E-state index in [0.29, 0.717) is 18.4 Å². The van der Waals surface area contributed by atoms with E-state index in [4.69, 9.17) is 9.47 Å². The number of carbonyl (C=O) groups excluding carboxylic acids is 3. The second-order valence-corrected chi connectivity index (χ2v) is 10.6. The van der Waals surface area contributed by atoms with Crippen molar-refractivity contribution in [3.8, 4) is 0 Å². The largest absolute Gasteiger partial charge is 0.448 e. The maximum Gasteiger partial charge on any atom is 0.310 e. The van der Waals surface area contributed by atoms with Gasteiger partial charge in [-0.05, 0) is 43.7 Å². The summed E-state index contributed by atoms with van der Waals surface area (Å²) in [5.41, 5.74) is -0.0388. The molecule has 6 nitrogen and oxygen atoms in total. The number of carbonyl (C=O) groups is 3. The number of fused-ring (bicyclic) bond motifs is 2. The van der Waals surface area contributed by atoms with Gasteiger partial charge in [-0.25, -0.2) is 0 Å². The molecular formula is C28H33NO5. The number of ketones is 1. The number of hydrogen-bond donors (Lipinski definition) is 1. The zero-order valence-electron chi connectivity index (χ0n) is 20.2. The summed E-state index contributed by atoms with van der Waals surface area (Å²) in [4.78, 5) is 39.5. The molecular weight excluding hydrogens is 430 g/mol. The van der Waals surface area contributed by atoms with Gasteiger partial charge >= 0.3 is 5.97 Å². The highest BCUT2D eigenvalue weighted by molar-refractivity contribution is 5.97. The van der Waals surface area contributed by atoms with Crippen molar-refractivity contribution in [1.82, 2.24) is 5.32 Å². The van der Waals surface area contributed by atoms with Crippen LogP contribution in [-0.2, 0) is 30.3 Å². The lowest BCUT2D eigenvalue weighted by Crippen LogP contribution is -2.61. The molecule has 8 atom stereocenters. The summed E-state index contributed by atoms with van der Waals surface area (Å²) in [5.74, 6) is -1.55. The molecule has 1 spiro atoms. The Hall–Kier alpha value is -2.73. The van der Waals surface area contributed by atoms with Gasteiger partial charge < -0.3 is 14.8 Å². The van der Waals surface area contributed by atoms with Crippen LogP contribution >= 0.6 is 0 Å². The molecule has 34 heavy (non-hydrogen) atoms. The van der Waals surface area contributed by atoms with Crippen molar-refractivity contribution in [2.45, 2.75) is 70.3 Å². The number of epoxide rings is 1. The van der Waals surface area contributed by atoms with Gasteiger partial charge in [0.05, 0.1) is 24.0 Å². The Balaban J connectivity index is 1.58. The lowest BCUT2D eigenvalue weighted by atomic mass is 9.59. The monoisotopic (exact) mass is 463 g/mol. The zero-order valence-corrected chi connectivity index (χ0v) is 20.2. The van der Waals surface area contributed by atoms with Gasteiger partial charge in [0.2, 0.25) is 5.60 Å². The number of esters is 1. The second-order valence-electron chi connectivity index (χ2n) is 10.6. The Bertz CT molecular complexity index is 1080. The van der Waals surface area contributed by atoms with Crippen molar-refractivity contribution in [1.29, 1.82) is 0 Å². The van der Waals surface area contributed by atoms with Crippen LogP contribution in [0.15, 0.2) is 54.1 Å². The van der Waals surface area contributed by atoms with E-state index in [9.17, 15) is 14.4 Å². The molecule has 2 saturated heterocycles. The average molecular weight is 464 g/mol. The summed E-state index contributed by atoms with van der Waals surface area (Å²) in [7, 11) is 0. The predicted molar refractivity (Wildman–Crippen MR) is 127 cm³/mol. The van der Waals surface area contributed by atoms with Gasteiger partial charge in [-0.2, -0.15) is 0 Å². The number of benzene rings is 1. The molecule has 1 amide bonds. The third-order valence-corrected chi connectivity index (χ3v) is 8.58. The van der Waals surface area contributed by atoms with Gasteiger partial charge in [0.15, 0.2) is 5.78 Å². The highest BCUT2D eigenvalue weighted by atomic mass is 16.6. The predicted octanol–water partition coefficient (Wildman–Crippen LogP) is 3.55. The molecule has 1 saturated carbocycles. The number of allylic oxidation sites excluding steroid dienone is 2. The topological polar surface area (TPSA) is 85.0 Å². The number of hydrogen-bond acceptors (Lipinski definition) is 5. The SMILES string of the molecule is C/C1=C/CC(=O)O[C@]23C(=O)N[C@H](Cc4ccccc4)[C@@H]2[C@H](C)[C@]2(C)O[C@@H]2[C@@H]3/C=C\C[C@H](C)C1=O. The van der Waals surface area contributed by atoms with Crippen LogP contribution in [0.1, 0.15) is 46.1 Å². The summed E-state index contributed by atoms with van der Waals surface area (Å²) in [5, 5.41) is 3.21. The lowest BCUT2D eigenvalue weighted by Gasteiger charge is -2.46. The molecule has 0 unspecified atom stereocenters. The van der Waals surface area contributed by atoms with E-state index in [0.717, 1.165) is 5.56 Å². The van der Waals surface area contributed by atoms with Gasteiger partial charge in [-0.1, -0.05) is 62.4 Å². The molecule has 3 heterocycles. The molecule has 5 rings (SSSR count). The molecule has 6 heteroatoms. The van der Waals surface area contributed by atoms with Crippen molar-refractivity contribution < 1.29 is 23.9 Å². The van der Waals surface area contributed by atoms with Crippen LogP contribution in [0, 0.1) is 23.7 Å². The zero-order chi connectivity index (χ0) is 24.3. The molecule has 3 fully saturated rings. The minimum atomic E-state index is -1.33. The smallest absolute Gasteiger partial charge is 0.310 e. The first-order valence-electron chi connectivity index (χ1n) is 12.3. The molecule has 4 aliphatic rings. The number of ether oxygens (including phenoxy) is 2. The van der Waals surface area contributed by atoms with Crippen molar-refractivity contribution in [2.24, 2.45) is 23.7 Å². The Morgan fingerprint density at radius 2 is 1.85 bits per heavy atom. The fourth-order valence-electron chi connectivity index (χ4n) is 6.50. The van der Waals surface area contributed by atoms with Crippen molar-refractivity contribution in [3.05, 3.63) is 59.7 Å². The number of Topliss-reactive ketones (excluding diaryl/α,β-unsaturated/α-hetero) is 1. The minimum absolute atomic E-state index is 0.00768. The fourth-order valence-corrected chi connectivity index (χ4v) is 6.50. The molecule has 1 aliphatic carbocycles. The Labute approximate surface area is 200 Å². The van der Waals surface area contributed by atoms with Crippen LogP contribution in [0.25, 0.3) is 0 Å². The van der Waals surface area contributed by atoms with Crippen molar-refractivity contribution in [2.75, 3.05) is 0 Å². The highest BCUT2D eigenvalue weighted by Crippen LogP contribution is 2.63. The summed E-state index contributed by atoms with van der Waals surface area (Å²) in [6.07, 6.45) is 6.53. The summed E-state index contributed by atoms with van der Waals surface area (Å²) in [6.45, 7) is 7.83. The van der Waals surface area contributed by atoms with E-state index >= 15 is 0 Å². The van der Waals surface area contributed by atoms with Crippen LogP contribution in [0.2, 0.25) is 0 Å². The van der Waals surface area contributed by atoms with Crippen LogP contribution in [0.3, 0.4) is 0 Å². The third kappa shape index (κ3) is 3.46. The van der Waals surface area contributed by atoms with Gasteiger partial charge in [0.1, 0.15) is 0 Å². The summed E-state index contributed by atoms with van der Waals surface area (Å²) in [6, 6.07) is 9.89. The van der Waals surface area contributed by atoms with Gasteiger partial charge in [-0.3, -0.25) is 14.4 Å². The van der Waals surface area contributed by atoms with Gasteiger partial charge in [0.25, 0.3) is 5.91 Å². The van der Waals surface area contributed by atoms with Crippen LogP contribution in [0.4, 0.5) is 0 Å². The van der Waals surface area contributed by atoms with E-state index in [-0.39, 0.29) is 53.6 Å². The minimum Gasteiger partial charge on any atom is -0.448 e. The summed E-state index contributed by atoms with van der Waals surface area (Å²) < 4.78 is 12.5. The van der Waals surface area contributed by atoms with Gasteiger partial charge in [-0.15, -0.1) is 0 Å². The normalized spacial score (nSPS) is 44.1. The second kappa shape index (κ2) is 8.19. The number of nitrogens with one attached hydrogen (secondary N) is 1. The summed E-state index contributed by atoms with van der Waals surface area (Å²) >= 11 is 0. The lowest BCUT2D eigenvalue weighted by molar-refractivity contribution is -0.181. The molecule has 3 aliphatic heterocycles.